The summed E-state index contributed by atoms with van der Waals surface area (Å²) in [5.41, 5.74) is 0. The number of carbonyl (C=O) groups is 2. The predicted molar refractivity (Wildman–Crippen MR) is 102 cm³/mol. The lowest BCUT2D eigenvalue weighted by atomic mass is 9.91. The van der Waals surface area contributed by atoms with Gasteiger partial charge in [0, 0.05) is 20.0 Å². The molecule has 1 aliphatic rings. The van der Waals surface area contributed by atoms with Crippen LogP contribution in [0, 0.1) is 11.8 Å². The van der Waals surface area contributed by atoms with Gasteiger partial charge >= 0.3 is 0 Å². The second-order valence-electron chi connectivity index (χ2n) is 7.36. The van der Waals surface area contributed by atoms with Gasteiger partial charge in [-0.25, -0.2) is 0 Å². The van der Waals surface area contributed by atoms with Gasteiger partial charge in [-0.05, 0) is 31.1 Å². The maximum absolute atomic E-state index is 12.4. The molecule has 1 rings (SSSR count). The fraction of sp³-hybridized carbons (Fsp3) is 0.900. The number of amides is 2. The fourth-order valence-electron chi connectivity index (χ4n) is 3.36. The van der Waals surface area contributed by atoms with E-state index in [-0.39, 0.29) is 17.9 Å². The molecule has 142 valence electrons. The fourth-order valence-corrected chi connectivity index (χ4v) is 3.36. The molecule has 0 aromatic rings. The van der Waals surface area contributed by atoms with Crippen molar-refractivity contribution < 1.29 is 9.59 Å². The Balaban J connectivity index is 0.00000163. The van der Waals surface area contributed by atoms with Gasteiger partial charge in [0.25, 0.3) is 0 Å². The van der Waals surface area contributed by atoms with Crippen LogP contribution in [0.1, 0.15) is 86.0 Å². The van der Waals surface area contributed by atoms with Crippen molar-refractivity contribution in [1.29, 1.82) is 0 Å². The number of likely N-dealkylation sites (N-methyl/N-ethyl adjacent to an activating group) is 1. The van der Waals surface area contributed by atoms with Gasteiger partial charge < -0.3 is 10.2 Å². The molecule has 3 unspecified atom stereocenters. The van der Waals surface area contributed by atoms with E-state index < -0.39 is 0 Å². The lowest BCUT2D eigenvalue weighted by molar-refractivity contribution is -0.139. The molecule has 0 aromatic heterocycles. The summed E-state index contributed by atoms with van der Waals surface area (Å²) in [6.07, 6.45) is 8.41. The predicted octanol–water partition coefficient (Wildman–Crippen LogP) is 4.38. The number of rotatable bonds is 8. The summed E-state index contributed by atoms with van der Waals surface area (Å²) in [6, 6.07) is -0.243. The van der Waals surface area contributed by atoms with Gasteiger partial charge in [-0.3, -0.25) is 9.59 Å². The Morgan fingerprint density at radius 2 is 1.79 bits per heavy atom. The largest absolute Gasteiger partial charge is 0.357 e. The molecule has 1 fully saturated rings. The summed E-state index contributed by atoms with van der Waals surface area (Å²) < 4.78 is 0. The number of nitrogens with zero attached hydrogens (tertiary/aromatic N) is 1. The molecule has 3 atom stereocenters. The van der Waals surface area contributed by atoms with Crippen LogP contribution in [0.2, 0.25) is 0 Å². The molecular formula is C20H40N2O2. The zero-order valence-electron chi connectivity index (χ0n) is 16.9. The van der Waals surface area contributed by atoms with Gasteiger partial charge in [0.2, 0.25) is 11.8 Å². The second kappa shape index (κ2) is 13.3. The molecule has 0 saturated carbocycles. The molecular weight excluding hydrogens is 300 g/mol. The SMILES string of the molecule is CCC.CCCCC(C)CC(C)CC(=O)N1CCCC1C(=O)NC. The summed E-state index contributed by atoms with van der Waals surface area (Å²) in [5.74, 6) is 1.21. The standard InChI is InChI=1S/C17H32N2O2.C3H8/c1-5-6-8-13(2)11-14(3)12-16(20)19-10-7-9-15(19)17(21)18-4;1-3-2/h13-15H,5-12H2,1-4H3,(H,18,21);3H2,1-2H3. The van der Waals surface area contributed by atoms with Crippen LogP contribution in [-0.2, 0) is 9.59 Å². The van der Waals surface area contributed by atoms with E-state index in [4.69, 9.17) is 0 Å². The van der Waals surface area contributed by atoms with E-state index in [0.29, 0.717) is 18.3 Å². The Morgan fingerprint density at radius 3 is 2.33 bits per heavy atom. The van der Waals surface area contributed by atoms with Crippen LogP contribution in [-0.4, -0.2) is 36.3 Å². The first-order valence-corrected chi connectivity index (χ1v) is 9.92. The highest BCUT2D eigenvalue weighted by molar-refractivity contribution is 5.88. The van der Waals surface area contributed by atoms with Crippen LogP contribution in [0.4, 0.5) is 0 Å². The van der Waals surface area contributed by atoms with Gasteiger partial charge in [-0.15, -0.1) is 0 Å². The molecule has 1 aliphatic heterocycles. The van der Waals surface area contributed by atoms with E-state index in [2.05, 4.69) is 39.9 Å². The molecule has 0 radical (unpaired) electrons. The molecule has 1 saturated heterocycles. The minimum atomic E-state index is -0.243. The van der Waals surface area contributed by atoms with Crippen LogP contribution in [0.15, 0.2) is 0 Å². The smallest absolute Gasteiger partial charge is 0.242 e. The van der Waals surface area contributed by atoms with E-state index in [1.807, 2.05) is 0 Å². The highest BCUT2D eigenvalue weighted by Crippen LogP contribution is 2.24. The number of nitrogens with one attached hydrogen (secondary N) is 1. The van der Waals surface area contributed by atoms with E-state index >= 15 is 0 Å². The average molecular weight is 341 g/mol. The van der Waals surface area contributed by atoms with Crippen molar-refractivity contribution in [2.75, 3.05) is 13.6 Å². The van der Waals surface area contributed by atoms with Crippen molar-refractivity contribution in [2.24, 2.45) is 11.8 Å². The molecule has 0 aliphatic carbocycles. The zero-order valence-corrected chi connectivity index (χ0v) is 16.9. The lowest BCUT2D eigenvalue weighted by Crippen LogP contribution is -2.45. The normalized spacial score (nSPS) is 19.2. The maximum Gasteiger partial charge on any atom is 0.242 e. The summed E-state index contributed by atoms with van der Waals surface area (Å²) in [7, 11) is 1.64. The Hall–Kier alpha value is -1.06. The average Bonchev–Trinajstić information content (AvgIpc) is 3.02. The quantitative estimate of drug-likeness (QED) is 0.713. The van der Waals surface area contributed by atoms with Crippen LogP contribution < -0.4 is 5.32 Å². The van der Waals surface area contributed by atoms with E-state index in [9.17, 15) is 9.59 Å². The number of likely N-dealkylation sites (tertiary alicyclic amines) is 1. The van der Waals surface area contributed by atoms with Gasteiger partial charge in [0.1, 0.15) is 6.04 Å². The van der Waals surface area contributed by atoms with E-state index in [0.717, 1.165) is 25.8 Å². The van der Waals surface area contributed by atoms with E-state index in [1.54, 1.807) is 11.9 Å². The van der Waals surface area contributed by atoms with Gasteiger partial charge in [0.05, 0.1) is 0 Å². The maximum atomic E-state index is 12.4. The summed E-state index contributed by atoms with van der Waals surface area (Å²) in [5, 5.41) is 2.67. The van der Waals surface area contributed by atoms with E-state index in [1.165, 1.54) is 25.7 Å². The summed E-state index contributed by atoms with van der Waals surface area (Å²) in [6.45, 7) is 11.6. The zero-order chi connectivity index (χ0) is 18.5. The van der Waals surface area contributed by atoms with Gasteiger partial charge in [-0.2, -0.15) is 0 Å². The molecule has 4 heteroatoms. The third-order valence-corrected chi connectivity index (χ3v) is 4.50. The summed E-state index contributed by atoms with van der Waals surface area (Å²) in [4.78, 5) is 26.0. The topological polar surface area (TPSA) is 49.4 Å². The molecule has 0 spiro atoms. The van der Waals surface area contributed by atoms with Crippen molar-refractivity contribution in [3.63, 3.8) is 0 Å². The van der Waals surface area contributed by atoms with Crippen molar-refractivity contribution in [1.82, 2.24) is 10.2 Å². The van der Waals surface area contributed by atoms with Crippen LogP contribution in [0.5, 0.6) is 0 Å². The summed E-state index contributed by atoms with van der Waals surface area (Å²) >= 11 is 0. The Kier molecular flexibility index (Phi) is 12.7. The molecule has 1 heterocycles. The molecule has 24 heavy (non-hydrogen) atoms. The second-order valence-corrected chi connectivity index (χ2v) is 7.36. The third kappa shape index (κ3) is 8.70. The minimum Gasteiger partial charge on any atom is -0.357 e. The van der Waals surface area contributed by atoms with Crippen molar-refractivity contribution in [2.45, 2.75) is 92.0 Å². The molecule has 0 aromatic carbocycles. The van der Waals surface area contributed by atoms with Crippen molar-refractivity contribution >= 4 is 11.8 Å². The van der Waals surface area contributed by atoms with Crippen LogP contribution in [0.3, 0.4) is 0 Å². The first-order valence-electron chi connectivity index (χ1n) is 9.92. The monoisotopic (exact) mass is 340 g/mol. The van der Waals surface area contributed by atoms with Crippen LogP contribution >= 0.6 is 0 Å². The molecule has 4 nitrogen and oxygen atoms in total. The van der Waals surface area contributed by atoms with Gasteiger partial charge in [-0.1, -0.05) is 60.3 Å². The Bertz CT molecular complexity index is 358. The molecule has 2 amide bonds. The highest BCUT2D eigenvalue weighted by Gasteiger charge is 2.33. The van der Waals surface area contributed by atoms with Crippen molar-refractivity contribution in [3.05, 3.63) is 0 Å². The minimum absolute atomic E-state index is 0.0233. The number of hydrogen-bond acceptors (Lipinski definition) is 2. The molecule has 0 bridgehead atoms. The first-order chi connectivity index (χ1) is 11.4. The number of hydrogen-bond donors (Lipinski definition) is 1. The Labute approximate surface area is 149 Å². The van der Waals surface area contributed by atoms with Gasteiger partial charge in [0.15, 0.2) is 0 Å². The Morgan fingerprint density at radius 1 is 1.17 bits per heavy atom. The van der Waals surface area contributed by atoms with Crippen LogP contribution in [0.25, 0.3) is 0 Å². The first kappa shape index (κ1) is 22.9. The lowest BCUT2D eigenvalue weighted by Gasteiger charge is -2.25. The van der Waals surface area contributed by atoms with Crippen molar-refractivity contribution in [3.8, 4) is 0 Å². The highest BCUT2D eigenvalue weighted by atomic mass is 16.2. The molecule has 1 N–H and O–H groups in total. The number of carbonyl (C=O) groups excluding carboxylic acids is 2. The number of unbranched alkanes of at least 4 members (excludes halogenated alkanes) is 1. The third-order valence-electron chi connectivity index (χ3n) is 4.50.